The van der Waals surface area contributed by atoms with Gasteiger partial charge in [-0.3, -0.25) is 0 Å². The first-order valence-electron chi connectivity index (χ1n) is 7.76. The maximum Gasteiger partial charge on any atom is 0.144 e. The van der Waals surface area contributed by atoms with E-state index >= 15 is 0 Å². The molecule has 1 rings (SSSR count). The van der Waals surface area contributed by atoms with E-state index in [9.17, 15) is 0 Å². The molecular weight excluding hydrogens is 262 g/mol. The molecule has 2 N–H and O–H groups in total. The quantitative estimate of drug-likeness (QED) is 0.748. The molecule has 4 heteroatoms. The van der Waals surface area contributed by atoms with Gasteiger partial charge in [-0.1, -0.05) is 19.9 Å². The molecular formula is C17H31N3O. The lowest BCUT2D eigenvalue weighted by molar-refractivity contribution is 0.244. The standard InChI is InChI=1S/C17H31N3O/c1-13(2)12-20(11-10-19(5)6)15-8-7-9-16(17(15)18)21-14(3)4/h7-9,13-14H,10-12,18H2,1-6H3. The average molecular weight is 293 g/mol. The molecule has 0 atom stereocenters. The Kier molecular flexibility index (Phi) is 6.82. The van der Waals surface area contributed by atoms with Crippen LogP contribution in [0.5, 0.6) is 5.75 Å². The van der Waals surface area contributed by atoms with Crippen LogP contribution in [0.25, 0.3) is 0 Å². The minimum absolute atomic E-state index is 0.128. The second-order valence-electron chi connectivity index (χ2n) is 6.50. The number of nitrogens with two attached hydrogens (primary N) is 1. The van der Waals surface area contributed by atoms with Crippen LogP contribution in [0.2, 0.25) is 0 Å². The van der Waals surface area contributed by atoms with Crippen LogP contribution in [0.4, 0.5) is 11.4 Å². The molecule has 0 radical (unpaired) electrons. The number of anilines is 2. The van der Waals surface area contributed by atoms with Crippen molar-refractivity contribution < 1.29 is 4.74 Å². The van der Waals surface area contributed by atoms with Crippen LogP contribution in [0.1, 0.15) is 27.7 Å². The summed E-state index contributed by atoms with van der Waals surface area (Å²) in [6.45, 7) is 11.4. The summed E-state index contributed by atoms with van der Waals surface area (Å²) in [5.41, 5.74) is 8.15. The summed E-state index contributed by atoms with van der Waals surface area (Å²) >= 11 is 0. The van der Waals surface area contributed by atoms with E-state index < -0.39 is 0 Å². The first-order chi connectivity index (χ1) is 9.81. The molecule has 1 aromatic carbocycles. The van der Waals surface area contributed by atoms with Crippen LogP contribution in [0, 0.1) is 5.92 Å². The minimum Gasteiger partial charge on any atom is -0.489 e. The van der Waals surface area contributed by atoms with Crippen molar-refractivity contribution >= 4 is 11.4 Å². The predicted octanol–water partition coefficient (Wildman–Crippen LogP) is 3.08. The van der Waals surface area contributed by atoms with Crippen molar-refractivity contribution in [1.82, 2.24) is 4.90 Å². The van der Waals surface area contributed by atoms with Crippen molar-refractivity contribution in [3.05, 3.63) is 18.2 Å². The van der Waals surface area contributed by atoms with E-state index in [1.54, 1.807) is 0 Å². The number of hydrogen-bond donors (Lipinski definition) is 1. The summed E-state index contributed by atoms with van der Waals surface area (Å²) in [4.78, 5) is 4.55. The van der Waals surface area contributed by atoms with Crippen LogP contribution < -0.4 is 15.4 Å². The van der Waals surface area contributed by atoms with Gasteiger partial charge in [0.2, 0.25) is 0 Å². The maximum atomic E-state index is 6.33. The number of likely N-dealkylation sites (N-methyl/N-ethyl adjacent to an activating group) is 1. The Morgan fingerprint density at radius 2 is 1.76 bits per heavy atom. The van der Waals surface area contributed by atoms with Gasteiger partial charge in [0.1, 0.15) is 5.75 Å². The molecule has 0 heterocycles. The van der Waals surface area contributed by atoms with Gasteiger partial charge in [0, 0.05) is 19.6 Å². The van der Waals surface area contributed by atoms with Crippen molar-refractivity contribution in [3.8, 4) is 5.75 Å². The van der Waals surface area contributed by atoms with Crippen LogP contribution >= 0.6 is 0 Å². The topological polar surface area (TPSA) is 41.7 Å². The largest absolute Gasteiger partial charge is 0.489 e. The number of ether oxygens (including phenoxy) is 1. The van der Waals surface area contributed by atoms with Crippen LogP contribution in [-0.2, 0) is 0 Å². The summed E-state index contributed by atoms with van der Waals surface area (Å²) < 4.78 is 5.80. The molecule has 0 unspecified atom stereocenters. The summed E-state index contributed by atoms with van der Waals surface area (Å²) in [7, 11) is 4.18. The molecule has 0 aromatic heterocycles. The second-order valence-corrected chi connectivity index (χ2v) is 6.50. The lowest BCUT2D eigenvalue weighted by Gasteiger charge is -2.30. The molecule has 0 aliphatic heterocycles. The Balaban J connectivity index is 3.00. The van der Waals surface area contributed by atoms with E-state index in [1.165, 1.54) is 0 Å². The number of benzene rings is 1. The first-order valence-corrected chi connectivity index (χ1v) is 7.76. The zero-order valence-corrected chi connectivity index (χ0v) is 14.4. The molecule has 0 aliphatic rings. The summed E-state index contributed by atoms with van der Waals surface area (Å²) in [5.74, 6) is 1.36. The summed E-state index contributed by atoms with van der Waals surface area (Å²) in [5, 5.41) is 0. The highest BCUT2D eigenvalue weighted by atomic mass is 16.5. The van der Waals surface area contributed by atoms with Gasteiger partial charge in [0.05, 0.1) is 17.5 Å². The lowest BCUT2D eigenvalue weighted by atomic mass is 10.1. The Morgan fingerprint density at radius 1 is 1.10 bits per heavy atom. The molecule has 1 aromatic rings. The zero-order valence-electron chi connectivity index (χ0n) is 14.4. The molecule has 0 spiro atoms. The third kappa shape index (κ3) is 5.84. The Labute approximate surface area is 129 Å². The number of para-hydroxylation sites is 1. The van der Waals surface area contributed by atoms with Gasteiger partial charge < -0.3 is 20.3 Å². The van der Waals surface area contributed by atoms with Gasteiger partial charge in [-0.05, 0) is 46.0 Å². The fourth-order valence-electron chi connectivity index (χ4n) is 2.24. The Morgan fingerprint density at radius 3 is 2.29 bits per heavy atom. The lowest BCUT2D eigenvalue weighted by Crippen LogP contribution is -2.35. The SMILES string of the molecule is CC(C)CN(CCN(C)C)c1cccc(OC(C)C)c1N. The van der Waals surface area contributed by atoms with E-state index in [1.807, 2.05) is 26.0 Å². The smallest absolute Gasteiger partial charge is 0.144 e. The van der Waals surface area contributed by atoms with Gasteiger partial charge in [0.25, 0.3) is 0 Å². The van der Waals surface area contributed by atoms with Crippen LogP contribution in [0.3, 0.4) is 0 Å². The summed E-state index contributed by atoms with van der Waals surface area (Å²) in [6.07, 6.45) is 0.128. The molecule has 0 saturated heterocycles. The normalized spacial score (nSPS) is 11.5. The molecule has 0 amide bonds. The highest BCUT2D eigenvalue weighted by Crippen LogP contribution is 2.33. The fraction of sp³-hybridized carbons (Fsp3) is 0.647. The van der Waals surface area contributed by atoms with Crippen LogP contribution in [-0.4, -0.2) is 44.7 Å². The number of hydrogen-bond acceptors (Lipinski definition) is 4. The van der Waals surface area contributed by atoms with Crippen molar-refractivity contribution in [3.63, 3.8) is 0 Å². The van der Waals surface area contributed by atoms with Crippen LogP contribution in [0.15, 0.2) is 18.2 Å². The Hall–Kier alpha value is -1.42. The molecule has 0 aliphatic carbocycles. The van der Waals surface area contributed by atoms with Crippen molar-refractivity contribution in [2.24, 2.45) is 5.92 Å². The predicted molar refractivity (Wildman–Crippen MR) is 92.2 cm³/mol. The number of nitrogens with zero attached hydrogens (tertiary/aromatic N) is 2. The van der Waals surface area contributed by atoms with E-state index in [-0.39, 0.29) is 6.10 Å². The third-order valence-electron chi connectivity index (χ3n) is 3.15. The highest BCUT2D eigenvalue weighted by molar-refractivity contribution is 5.74. The zero-order chi connectivity index (χ0) is 16.0. The van der Waals surface area contributed by atoms with Crippen molar-refractivity contribution in [2.75, 3.05) is 44.4 Å². The Bertz CT molecular complexity index is 430. The second kappa shape index (κ2) is 8.13. The minimum atomic E-state index is 0.128. The fourth-order valence-corrected chi connectivity index (χ4v) is 2.24. The maximum absolute atomic E-state index is 6.33. The highest BCUT2D eigenvalue weighted by Gasteiger charge is 2.15. The van der Waals surface area contributed by atoms with E-state index in [2.05, 4.69) is 43.8 Å². The third-order valence-corrected chi connectivity index (χ3v) is 3.15. The van der Waals surface area contributed by atoms with E-state index in [0.29, 0.717) is 5.92 Å². The molecule has 21 heavy (non-hydrogen) atoms. The van der Waals surface area contributed by atoms with E-state index in [4.69, 9.17) is 10.5 Å². The molecule has 0 fully saturated rings. The van der Waals surface area contributed by atoms with Gasteiger partial charge in [-0.2, -0.15) is 0 Å². The average Bonchev–Trinajstić information content (AvgIpc) is 2.36. The number of nitrogen functional groups attached to an aromatic ring is 1. The molecule has 4 nitrogen and oxygen atoms in total. The first kappa shape index (κ1) is 17.6. The number of rotatable bonds is 8. The van der Waals surface area contributed by atoms with Crippen molar-refractivity contribution in [2.45, 2.75) is 33.8 Å². The van der Waals surface area contributed by atoms with E-state index in [0.717, 1.165) is 36.8 Å². The van der Waals surface area contributed by atoms with Crippen molar-refractivity contribution in [1.29, 1.82) is 0 Å². The van der Waals surface area contributed by atoms with Gasteiger partial charge in [0.15, 0.2) is 0 Å². The molecule has 120 valence electrons. The monoisotopic (exact) mass is 293 g/mol. The summed E-state index contributed by atoms with van der Waals surface area (Å²) in [6, 6.07) is 6.05. The van der Waals surface area contributed by atoms with Gasteiger partial charge in [-0.15, -0.1) is 0 Å². The van der Waals surface area contributed by atoms with Gasteiger partial charge in [-0.25, -0.2) is 0 Å². The molecule has 0 saturated carbocycles. The molecule has 0 bridgehead atoms. The van der Waals surface area contributed by atoms with Gasteiger partial charge >= 0.3 is 0 Å².